The number of carbonyl (C=O) groups is 2. The molecule has 2 aromatic rings. The molecule has 2 N–H and O–H groups in total. The van der Waals surface area contributed by atoms with E-state index in [1.807, 2.05) is 37.4 Å². The van der Waals surface area contributed by atoms with Crippen LogP contribution < -0.4 is 10.6 Å². The number of nitrogens with one attached hydrogen (secondary N) is 2. The van der Waals surface area contributed by atoms with E-state index in [2.05, 4.69) is 22.1 Å². The third-order valence-electron chi connectivity index (χ3n) is 3.91. The van der Waals surface area contributed by atoms with Crippen LogP contribution in [0.1, 0.15) is 37.0 Å². The zero-order valence-electron chi connectivity index (χ0n) is 14.0. The highest BCUT2D eigenvalue weighted by atomic mass is 16.2. The van der Waals surface area contributed by atoms with Gasteiger partial charge in [-0.25, -0.2) is 0 Å². The minimum atomic E-state index is -0.633. The number of hydrogen-bond acceptors (Lipinski definition) is 3. The predicted octanol–water partition coefficient (Wildman–Crippen LogP) is 2.20. The zero-order chi connectivity index (χ0) is 17.5. The maximum atomic E-state index is 12.5. The van der Waals surface area contributed by atoms with Crippen LogP contribution in [0.3, 0.4) is 0 Å². The summed E-state index contributed by atoms with van der Waals surface area (Å²) in [6.45, 7) is 4.81. The van der Waals surface area contributed by atoms with Crippen molar-refractivity contribution in [3.05, 3.63) is 36.0 Å². The van der Waals surface area contributed by atoms with Gasteiger partial charge in [0.2, 0.25) is 5.91 Å². The molecule has 0 aliphatic carbocycles. The first-order chi connectivity index (χ1) is 11.6. The maximum Gasteiger partial charge on any atom is 0.251 e. The van der Waals surface area contributed by atoms with E-state index in [1.54, 1.807) is 6.07 Å². The lowest BCUT2D eigenvalue weighted by atomic mass is 10.1. The smallest absolute Gasteiger partial charge is 0.251 e. The van der Waals surface area contributed by atoms with Crippen LogP contribution in [0.5, 0.6) is 0 Å². The van der Waals surface area contributed by atoms with Gasteiger partial charge in [-0.3, -0.25) is 9.59 Å². The number of benzene rings is 1. The molecule has 0 aliphatic rings. The fourth-order valence-electron chi connectivity index (χ4n) is 2.67. The average Bonchev–Trinajstić information content (AvgIpc) is 3.01. The summed E-state index contributed by atoms with van der Waals surface area (Å²) < 4.78 is 2.10. The number of nitriles is 1. The molecule has 0 fully saturated rings. The molecule has 0 radical (unpaired) electrons. The number of amides is 2. The summed E-state index contributed by atoms with van der Waals surface area (Å²) in [5.74, 6) is -0.614. The molecular formula is C18H22N4O2. The van der Waals surface area contributed by atoms with E-state index in [1.165, 1.54) is 0 Å². The lowest BCUT2D eigenvalue weighted by Crippen LogP contribution is -2.46. The molecule has 24 heavy (non-hydrogen) atoms. The first-order valence-electron chi connectivity index (χ1n) is 8.15. The molecule has 126 valence electrons. The molecule has 2 amide bonds. The Labute approximate surface area is 141 Å². The third-order valence-corrected chi connectivity index (χ3v) is 3.91. The molecule has 2 rings (SSSR count). The second-order valence-corrected chi connectivity index (χ2v) is 5.57. The molecule has 1 heterocycles. The van der Waals surface area contributed by atoms with Crippen LogP contribution in [0, 0.1) is 11.3 Å². The molecule has 1 aromatic carbocycles. The van der Waals surface area contributed by atoms with Gasteiger partial charge in [-0.1, -0.05) is 13.3 Å². The van der Waals surface area contributed by atoms with E-state index in [0.717, 1.165) is 23.9 Å². The number of aromatic nitrogens is 1. The van der Waals surface area contributed by atoms with Crippen LogP contribution in [0.2, 0.25) is 0 Å². The van der Waals surface area contributed by atoms with Crippen molar-refractivity contribution >= 4 is 22.7 Å². The largest absolute Gasteiger partial charge is 0.348 e. The Morgan fingerprint density at radius 1 is 1.29 bits per heavy atom. The van der Waals surface area contributed by atoms with Gasteiger partial charge in [-0.15, -0.1) is 0 Å². The number of nitrogens with zero attached hydrogens (tertiary/aromatic N) is 2. The standard InChI is InChI=1S/C18H22N4O2/c1-3-5-15(18(24)20-10-9-19)21-17(23)14-6-7-16-13(12-14)8-11-22(16)4-2/h6-8,11-12,15H,3-5,10H2,1-2H3,(H,20,24)(H,21,23). The Kier molecular flexibility index (Phi) is 5.96. The summed E-state index contributed by atoms with van der Waals surface area (Å²) in [5, 5.41) is 14.8. The van der Waals surface area contributed by atoms with Gasteiger partial charge >= 0.3 is 0 Å². The molecule has 1 atom stereocenters. The first kappa shape index (κ1) is 17.5. The molecular weight excluding hydrogens is 304 g/mol. The van der Waals surface area contributed by atoms with Crippen LogP contribution in [-0.4, -0.2) is 29.0 Å². The Hall–Kier alpha value is -2.81. The van der Waals surface area contributed by atoms with Crippen LogP contribution >= 0.6 is 0 Å². The lowest BCUT2D eigenvalue weighted by Gasteiger charge is -2.17. The summed E-state index contributed by atoms with van der Waals surface area (Å²) in [6, 6.07) is 8.71. The molecule has 0 spiro atoms. The topological polar surface area (TPSA) is 86.9 Å². The first-order valence-corrected chi connectivity index (χ1v) is 8.15. The third kappa shape index (κ3) is 3.93. The Morgan fingerprint density at radius 2 is 2.08 bits per heavy atom. The highest BCUT2D eigenvalue weighted by Gasteiger charge is 2.20. The zero-order valence-corrected chi connectivity index (χ0v) is 14.0. The monoisotopic (exact) mass is 326 g/mol. The van der Waals surface area contributed by atoms with E-state index in [-0.39, 0.29) is 18.4 Å². The van der Waals surface area contributed by atoms with Crippen molar-refractivity contribution < 1.29 is 9.59 Å². The molecule has 0 saturated carbocycles. The summed E-state index contributed by atoms with van der Waals surface area (Å²) in [5.41, 5.74) is 1.59. The SMILES string of the molecule is CCCC(NC(=O)c1ccc2c(ccn2CC)c1)C(=O)NCC#N. The fraction of sp³-hybridized carbons (Fsp3) is 0.389. The summed E-state index contributed by atoms with van der Waals surface area (Å²) in [6.07, 6.45) is 3.27. The van der Waals surface area contributed by atoms with Gasteiger partial charge in [0.15, 0.2) is 0 Å². The number of carbonyl (C=O) groups excluding carboxylic acids is 2. The van der Waals surface area contributed by atoms with Crippen molar-refractivity contribution in [2.75, 3.05) is 6.54 Å². The van der Waals surface area contributed by atoms with E-state index in [9.17, 15) is 9.59 Å². The molecule has 1 unspecified atom stereocenters. The molecule has 0 aliphatic heterocycles. The molecule has 6 heteroatoms. The van der Waals surface area contributed by atoms with E-state index in [0.29, 0.717) is 12.0 Å². The quantitative estimate of drug-likeness (QED) is 0.765. The van der Waals surface area contributed by atoms with Gasteiger partial charge < -0.3 is 15.2 Å². The van der Waals surface area contributed by atoms with Crippen molar-refractivity contribution in [1.82, 2.24) is 15.2 Å². The number of rotatable bonds is 7. The number of aryl methyl sites for hydroxylation is 1. The maximum absolute atomic E-state index is 12.5. The minimum Gasteiger partial charge on any atom is -0.348 e. The second kappa shape index (κ2) is 8.16. The van der Waals surface area contributed by atoms with Gasteiger partial charge in [0, 0.05) is 29.2 Å². The van der Waals surface area contributed by atoms with Gasteiger partial charge in [-0.05, 0) is 37.6 Å². The van der Waals surface area contributed by atoms with Crippen molar-refractivity contribution in [1.29, 1.82) is 5.26 Å². The van der Waals surface area contributed by atoms with Gasteiger partial charge in [0.25, 0.3) is 5.91 Å². The van der Waals surface area contributed by atoms with E-state index in [4.69, 9.17) is 5.26 Å². The van der Waals surface area contributed by atoms with Crippen molar-refractivity contribution in [3.8, 4) is 6.07 Å². The van der Waals surface area contributed by atoms with Crippen LogP contribution in [-0.2, 0) is 11.3 Å². The van der Waals surface area contributed by atoms with Gasteiger partial charge in [-0.2, -0.15) is 5.26 Å². The lowest BCUT2D eigenvalue weighted by molar-refractivity contribution is -0.122. The summed E-state index contributed by atoms with van der Waals surface area (Å²) >= 11 is 0. The number of fused-ring (bicyclic) bond motifs is 1. The van der Waals surface area contributed by atoms with E-state index < -0.39 is 6.04 Å². The van der Waals surface area contributed by atoms with Crippen LogP contribution in [0.25, 0.3) is 10.9 Å². The Bertz CT molecular complexity index is 773. The molecule has 1 aromatic heterocycles. The van der Waals surface area contributed by atoms with Crippen molar-refractivity contribution in [3.63, 3.8) is 0 Å². The second-order valence-electron chi connectivity index (χ2n) is 5.57. The molecule has 0 bridgehead atoms. The highest BCUT2D eigenvalue weighted by molar-refractivity contribution is 6.00. The summed E-state index contributed by atoms with van der Waals surface area (Å²) in [7, 11) is 0. The van der Waals surface area contributed by atoms with Crippen LogP contribution in [0.15, 0.2) is 30.5 Å². The highest BCUT2D eigenvalue weighted by Crippen LogP contribution is 2.18. The average molecular weight is 326 g/mol. The fourth-order valence-corrected chi connectivity index (χ4v) is 2.67. The Morgan fingerprint density at radius 3 is 2.75 bits per heavy atom. The van der Waals surface area contributed by atoms with Crippen molar-refractivity contribution in [2.24, 2.45) is 0 Å². The predicted molar refractivity (Wildman–Crippen MR) is 92.4 cm³/mol. The van der Waals surface area contributed by atoms with Crippen LogP contribution in [0.4, 0.5) is 0 Å². The number of hydrogen-bond donors (Lipinski definition) is 2. The summed E-state index contributed by atoms with van der Waals surface area (Å²) in [4.78, 5) is 24.5. The van der Waals surface area contributed by atoms with Gasteiger partial charge in [0.05, 0.1) is 6.07 Å². The molecule has 6 nitrogen and oxygen atoms in total. The Balaban J connectivity index is 2.14. The minimum absolute atomic E-state index is 0.0641. The van der Waals surface area contributed by atoms with Gasteiger partial charge in [0.1, 0.15) is 12.6 Å². The van der Waals surface area contributed by atoms with E-state index >= 15 is 0 Å². The van der Waals surface area contributed by atoms with Crippen molar-refractivity contribution in [2.45, 2.75) is 39.3 Å². The molecule has 0 saturated heterocycles. The normalized spacial score (nSPS) is 11.7.